The van der Waals surface area contributed by atoms with Gasteiger partial charge in [0.15, 0.2) is 0 Å². The van der Waals surface area contributed by atoms with E-state index in [1.54, 1.807) is 6.26 Å². The summed E-state index contributed by atoms with van der Waals surface area (Å²) in [6.07, 6.45) is 3.11. The van der Waals surface area contributed by atoms with E-state index in [9.17, 15) is 0 Å². The number of aromatic nitrogens is 2. The minimum atomic E-state index is 0.652. The van der Waals surface area contributed by atoms with Gasteiger partial charge < -0.3 is 4.42 Å². The fraction of sp³-hybridized carbons (Fsp3) is 0. The smallest absolute Gasteiger partial charge is 0.229 e. The molecule has 50 valence electrons. The number of furan rings is 1. The van der Waals surface area contributed by atoms with E-state index < -0.39 is 0 Å². The Morgan fingerprint density at radius 2 is 2.30 bits per heavy atom. The number of halogens is 1. The first-order valence-electron chi connectivity index (χ1n) is 2.71. The van der Waals surface area contributed by atoms with Gasteiger partial charge in [-0.25, -0.2) is 9.97 Å². The lowest BCUT2D eigenvalue weighted by atomic mass is 10.4. The van der Waals surface area contributed by atoms with Gasteiger partial charge in [-0.15, -0.1) is 0 Å². The lowest BCUT2D eigenvalue weighted by Crippen LogP contribution is -1.81. The van der Waals surface area contributed by atoms with Gasteiger partial charge in [0.05, 0.1) is 11.6 Å². The van der Waals surface area contributed by atoms with E-state index in [0.717, 1.165) is 9.09 Å². The van der Waals surface area contributed by atoms with Crippen molar-refractivity contribution in [2.24, 2.45) is 0 Å². The molecule has 0 N–H and O–H groups in total. The lowest BCUT2D eigenvalue weighted by molar-refractivity contribution is 0.602. The maximum absolute atomic E-state index is 5.04. The summed E-state index contributed by atoms with van der Waals surface area (Å²) in [5, 5.41) is 0.975. The summed E-state index contributed by atoms with van der Waals surface area (Å²) < 4.78 is 5.97. The molecule has 0 saturated heterocycles. The average molecular weight is 246 g/mol. The summed E-state index contributed by atoms with van der Waals surface area (Å²) in [7, 11) is 0. The van der Waals surface area contributed by atoms with Crippen LogP contribution in [0.3, 0.4) is 0 Å². The number of hydrogen-bond acceptors (Lipinski definition) is 3. The van der Waals surface area contributed by atoms with Crippen molar-refractivity contribution in [2.45, 2.75) is 0 Å². The summed E-state index contributed by atoms with van der Waals surface area (Å²) in [5.41, 5.74) is 0.652. The van der Waals surface area contributed by atoms with Gasteiger partial charge in [-0.05, 0) is 28.7 Å². The van der Waals surface area contributed by atoms with Gasteiger partial charge in [-0.1, -0.05) is 0 Å². The van der Waals surface area contributed by atoms with Crippen molar-refractivity contribution in [1.82, 2.24) is 9.97 Å². The van der Waals surface area contributed by atoms with Crippen LogP contribution in [0.25, 0.3) is 11.1 Å². The monoisotopic (exact) mass is 246 g/mol. The van der Waals surface area contributed by atoms with Crippen LogP contribution < -0.4 is 0 Å². The van der Waals surface area contributed by atoms with Crippen LogP contribution in [-0.2, 0) is 0 Å². The van der Waals surface area contributed by atoms with Crippen LogP contribution in [0.15, 0.2) is 23.1 Å². The van der Waals surface area contributed by atoms with Crippen molar-refractivity contribution in [3.63, 3.8) is 0 Å². The van der Waals surface area contributed by atoms with Gasteiger partial charge >= 0.3 is 0 Å². The zero-order valence-electron chi connectivity index (χ0n) is 4.91. The van der Waals surface area contributed by atoms with Gasteiger partial charge in [-0.2, -0.15) is 0 Å². The highest BCUT2D eigenvalue weighted by molar-refractivity contribution is 14.1. The fourth-order valence-corrected chi connectivity index (χ4v) is 1.29. The maximum Gasteiger partial charge on any atom is 0.229 e. The number of fused-ring (bicyclic) bond motifs is 1. The van der Waals surface area contributed by atoms with E-state index >= 15 is 0 Å². The molecule has 0 atom stereocenters. The quantitative estimate of drug-likeness (QED) is 0.525. The van der Waals surface area contributed by atoms with Crippen molar-refractivity contribution in [2.75, 3.05) is 0 Å². The molecule has 0 unspecified atom stereocenters. The fourth-order valence-electron chi connectivity index (χ4n) is 0.760. The van der Waals surface area contributed by atoms with Crippen molar-refractivity contribution in [3.05, 3.63) is 22.4 Å². The minimum absolute atomic E-state index is 0.652. The highest BCUT2D eigenvalue weighted by Gasteiger charge is 2.00. The Bertz CT molecular complexity index is 357. The van der Waals surface area contributed by atoms with Crippen LogP contribution >= 0.6 is 22.6 Å². The minimum Gasteiger partial charge on any atom is -0.446 e. The van der Waals surface area contributed by atoms with Crippen LogP contribution in [0.4, 0.5) is 0 Å². The third-order valence-electron chi connectivity index (χ3n) is 1.21. The molecule has 0 saturated carbocycles. The molecule has 0 bridgehead atoms. The van der Waals surface area contributed by atoms with Crippen molar-refractivity contribution < 1.29 is 4.42 Å². The molecule has 10 heavy (non-hydrogen) atoms. The molecule has 0 aliphatic heterocycles. The van der Waals surface area contributed by atoms with E-state index in [1.807, 2.05) is 6.07 Å². The predicted molar refractivity (Wildman–Crippen MR) is 44.5 cm³/mol. The third-order valence-corrected chi connectivity index (χ3v) is 2.07. The van der Waals surface area contributed by atoms with Crippen LogP contribution in [0, 0.1) is 3.70 Å². The van der Waals surface area contributed by atoms with E-state index in [4.69, 9.17) is 4.42 Å². The summed E-state index contributed by atoms with van der Waals surface area (Å²) in [6.45, 7) is 0. The molecule has 2 aromatic rings. The van der Waals surface area contributed by atoms with Crippen molar-refractivity contribution in [3.8, 4) is 0 Å². The molecule has 0 aromatic carbocycles. The summed E-state index contributed by atoms with van der Waals surface area (Å²) >= 11 is 2.14. The van der Waals surface area contributed by atoms with Gasteiger partial charge in [0.25, 0.3) is 0 Å². The van der Waals surface area contributed by atoms with Gasteiger partial charge in [-0.3, -0.25) is 0 Å². The normalized spacial score (nSPS) is 10.5. The van der Waals surface area contributed by atoms with E-state index in [-0.39, 0.29) is 0 Å². The topological polar surface area (TPSA) is 38.9 Å². The molecular formula is C6H3IN2O. The molecule has 0 fully saturated rings. The molecular weight excluding hydrogens is 243 g/mol. The standard InChI is InChI=1S/C6H3IN2O/c7-5-4-1-2-10-6(4)9-3-8-5/h1-3H. The van der Waals surface area contributed by atoms with Gasteiger partial charge in [0.2, 0.25) is 5.71 Å². The molecule has 2 heterocycles. The third kappa shape index (κ3) is 0.792. The lowest BCUT2D eigenvalue weighted by Gasteiger charge is -1.87. The second kappa shape index (κ2) is 2.19. The Balaban J connectivity index is 2.95. The molecule has 0 amide bonds. The molecule has 2 rings (SSSR count). The van der Waals surface area contributed by atoms with E-state index in [2.05, 4.69) is 32.6 Å². The van der Waals surface area contributed by atoms with Crippen molar-refractivity contribution in [1.29, 1.82) is 0 Å². The second-order valence-electron chi connectivity index (χ2n) is 1.80. The first-order chi connectivity index (χ1) is 4.88. The highest BCUT2D eigenvalue weighted by Crippen LogP contribution is 2.16. The Hall–Kier alpha value is -0.650. The maximum atomic E-state index is 5.04. The van der Waals surface area contributed by atoms with Crippen LogP contribution in [0.1, 0.15) is 0 Å². The van der Waals surface area contributed by atoms with E-state index in [1.165, 1.54) is 6.33 Å². The molecule has 0 aliphatic carbocycles. The van der Waals surface area contributed by atoms with Gasteiger partial charge in [0, 0.05) is 0 Å². The average Bonchev–Trinajstić information content (AvgIpc) is 2.36. The SMILES string of the molecule is Ic1ncnc2occc12. The Labute approximate surface area is 70.6 Å². The second-order valence-corrected chi connectivity index (χ2v) is 2.83. The first kappa shape index (κ1) is 6.09. The molecule has 0 radical (unpaired) electrons. The number of rotatable bonds is 0. The van der Waals surface area contributed by atoms with Gasteiger partial charge in [0.1, 0.15) is 10.0 Å². The number of hydrogen-bond donors (Lipinski definition) is 0. The first-order valence-corrected chi connectivity index (χ1v) is 3.79. The Kier molecular flexibility index (Phi) is 1.33. The van der Waals surface area contributed by atoms with Crippen molar-refractivity contribution >= 4 is 33.7 Å². The molecule has 3 nitrogen and oxygen atoms in total. The zero-order chi connectivity index (χ0) is 6.97. The Morgan fingerprint density at radius 1 is 1.40 bits per heavy atom. The molecule has 2 aromatic heterocycles. The number of nitrogens with zero attached hydrogens (tertiary/aromatic N) is 2. The summed E-state index contributed by atoms with van der Waals surface area (Å²) in [4.78, 5) is 7.91. The largest absolute Gasteiger partial charge is 0.446 e. The molecule has 0 spiro atoms. The van der Waals surface area contributed by atoms with Crippen LogP contribution in [-0.4, -0.2) is 9.97 Å². The van der Waals surface area contributed by atoms with Crippen LogP contribution in [0.5, 0.6) is 0 Å². The summed E-state index contributed by atoms with van der Waals surface area (Å²) in [5.74, 6) is 0. The predicted octanol–water partition coefficient (Wildman–Crippen LogP) is 1.83. The zero-order valence-corrected chi connectivity index (χ0v) is 7.07. The Morgan fingerprint density at radius 3 is 3.10 bits per heavy atom. The molecule has 0 aliphatic rings. The highest BCUT2D eigenvalue weighted by atomic mass is 127. The summed E-state index contributed by atoms with van der Waals surface area (Å²) in [6, 6.07) is 1.86. The van der Waals surface area contributed by atoms with E-state index in [0.29, 0.717) is 5.71 Å². The molecule has 4 heteroatoms. The van der Waals surface area contributed by atoms with Crippen LogP contribution in [0.2, 0.25) is 0 Å².